The van der Waals surface area contributed by atoms with Gasteiger partial charge < -0.3 is 5.32 Å². The number of thioether (sulfide) groups is 1. The Balaban J connectivity index is 1.78. The number of sulfonamides is 1. The highest BCUT2D eigenvalue weighted by Gasteiger charge is 2.17. The average Bonchev–Trinajstić information content (AvgIpc) is 2.94. The third-order valence-electron chi connectivity index (χ3n) is 4.48. The van der Waals surface area contributed by atoms with E-state index in [0.717, 1.165) is 20.8 Å². The van der Waals surface area contributed by atoms with E-state index in [9.17, 15) is 13.2 Å². The Morgan fingerprint density at radius 3 is 2.59 bits per heavy atom. The Hall–Kier alpha value is -2.01. The van der Waals surface area contributed by atoms with E-state index >= 15 is 0 Å². The summed E-state index contributed by atoms with van der Waals surface area (Å²) in [5.41, 5.74) is 2.17. The largest absolute Gasteiger partial charge is 0.325 e. The van der Waals surface area contributed by atoms with Crippen molar-refractivity contribution in [2.45, 2.75) is 37.6 Å². The minimum atomic E-state index is -3.60. The first-order chi connectivity index (χ1) is 13.6. The number of fused-ring (bicyclic) bond motifs is 1. The first-order valence-corrected chi connectivity index (χ1v) is 12.1. The summed E-state index contributed by atoms with van der Waals surface area (Å²) in [7, 11) is -2.24. The quantitative estimate of drug-likeness (QED) is 0.440. The van der Waals surface area contributed by atoms with Gasteiger partial charge in [0.2, 0.25) is 15.9 Å². The molecule has 0 atom stereocenters. The van der Waals surface area contributed by atoms with Crippen LogP contribution in [0.2, 0.25) is 0 Å². The molecule has 0 aliphatic heterocycles. The highest BCUT2D eigenvalue weighted by Crippen LogP contribution is 2.35. The van der Waals surface area contributed by atoms with Crippen LogP contribution in [0.5, 0.6) is 0 Å². The van der Waals surface area contributed by atoms with Gasteiger partial charge in [-0.2, -0.15) is 0 Å². The number of anilines is 1. The van der Waals surface area contributed by atoms with Crippen molar-refractivity contribution in [1.29, 1.82) is 0 Å². The van der Waals surface area contributed by atoms with Crippen molar-refractivity contribution in [2.24, 2.45) is 0 Å². The summed E-state index contributed by atoms with van der Waals surface area (Å²) in [5.74, 6) is 0.588. The molecule has 2 aromatic heterocycles. The number of amides is 1. The van der Waals surface area contributed by atoms with E-state index in [4.69, 9.17) is 0 Å². The summed E-state index contributed by atoms with van der Waals surface area (Å²) in [5, 5.41) is 4.54. The number of carbonyl (C=O) groups is 1. The highest BCUT2D eigenvalue weighted by molar-refractivity contribution is 8.00. The Morgan fingerprint density at radius 2 is 1.90 bits per heavy atom. The second-order valence-electron chi connectivity index (χ2n) is 6.56. The minimum Gasteiger partial charge on any atom is -0.325 e. The van der Waals surface area contributed by atoms with Crippen LogP contribution >= 0.6 is 23.1 Å². The second kappa shape index (κ2) is 8.39. The Kier molecular flexibility index (Phi) is 6.27. The van der Waals surface area contributed by atoms with E-state index in [1.165, 1.54) is 29.8 Å². The molecule has 7 nitrogen and oxygen atoms in total. The number of rotatable bonds is 6. The smallest absolute Gasteiger partial charge is 0.240 e. The third kappa shape index (κ3) is 4.61. The number of aromatic nitrogens is 2. The van der Waals surface area contributed by atoms with Crippen LogP contribution in [0.3, 0.4) is 0 Å². The zero-order valence-electron chi connectivity index (χ0n) is 16.8. The monoisotopic (exact) mass is 450 g/mol. The summed E-state index contributed by atoms with van der Waals surface area (Å²) in [6, 6.07) is 4.82. The van der Waals surface area contributed by atoms with Crippen LogP contribution in [-0.2, 0) is 14.8 Å². The predicted octanol–water partition coefficient (Wildman–Crippen LogP) is 3.56. The highest BCUT2D eigenvalue weighted by atomic mass is 32.2. The molecule has 0 aliphatic rings. The molecular formula is C19H22N4O3S3. The summed E-state index contributed by atoms with van der Waals surface area (Å²) in [6.45, 7) is 7.63. The predicted molar refractivity (Wildman–Crippen MR) is 118 cm³/mol. The molecule has 154 valence electrons. The van der Waals surface area contributed by atoms with Crippen molar-refractivity contribution >= 4 is 54.9 Å². The van der Waals surface area contributed by atoms with Crippen LogP contribution in [-0.4, -0.2) is 37.1 Å². The van der Waals surface area contributed by atoms with Crippen molar-refractivity contribution in [2.75, 3.05) is 18.1 Å². The standard InChI is InChI=1S/C19H22N4O3S3/c1-10-6-7-14(8-15(10)29(25,26)20-5)23-16(24)9-27-18-17-11(2)12(3)28-19(17)22-13(4)21-18/h6-8,20H,9H2,1-5H3,(H,23,24). The second-order valence-corrected chi connectivity index (χ2v) is 10.6. The van der Waals surface area contributed by atoms with Crippen molar-refractivity contribution in [3.63, 3.8) is 0 Å². The fraction of sp³-hybridized carbons (Fsp3) is 0.316. The Labute approximate surface area is 178 Å². The molecule has 2 heterocycles. The number of hydrogen-bond acceptors (Lipinski definition) is 7. The maximum Gasteiger partial charge on any atom is 0.240 e. The normalized spacial score (nSPS) is 11.8. The Morgan fingerprint density at radius 1 is 1.17 bits per heavy atom. The van der Waals surface area contributed by atoms with Crippen LogP contribution in [0.1, 0.15) is 21.8 Å². The van der Waals surface area contributed by atoms with Gasteiger partial charge in [0.15, 0.2) is 0 Å². The molecule has 1 amide bonds. The molecule has 0 unspecified atom stereocenters. The van der Waals surface area contributed by atoms with Crippen LogP contribution in [0, 0.1) is 27.7 Å². The van der Waals surface area contributed by atoms with E-state index in [2.05, 4.69) is 20.0 Å². The Bertz CT molecular complexity index is 1200. The number of hydrogen-bond donors (Lipinski definition) is 2. The van der Waals surface area contributed by atoms with Crippen molar-refractivity contribution in [1.82, 2.24) is 14.7 Å². The lowest BCUT2D eigenvalue weighted by Gasteiger charge is -2.10. The first kappa shape index (κ1) is 21.7. The number of nitrogens with one attached hydrogen (secondary N) is 2. The molecular weight excluding hydrogens is 428 g/mol. The topological polar surface area (TPSA) is 101 Å². The molecule has 0 fully saturated rings. The van der Waals surface area contributed by atoms with Crippen molar-refractivity contribution < 1.29 is 13.2 Å². The molecule has 3 rings (SSSR count). The van der Waals surface area contributed by atoms with Gasteiger partial charge >= 0.3 is 0 Å². The molecule has 2 N–H and O–H groups in total. The van der Waals surface area contributed by atoms with E-state index in [1.54, 1.807) is 30.4 Å². The van der Waals surface area contributed by atoms with E-state index < -0.39 is 10.0 Å². The van der Waals surface area contributed by atoms with Gasteiger partial charge in [0.05, 0.1) is 10.6 Å². The number of aryl methyl sites for hydroxylation is 4. The maximum absolute atomic E-state index is 12.5. The van der Waals surface area contributed by atoms with Crippen LogP contribution < -0.4 is 10.0 Å². The van der Waals surface area contributed by atoms with Gasteiger partial charge in [-0.1, -0.05) is 17.8 Å². The average molecular weight is 451 g/mol. The van der Waals surface area contributed by atoms with E-state index in [1.807, 2.05) is 20.8 Å². The van der Waals surface area contributed by atoms with Gasteiger partial charge in [-0.3, -0.25) is 4.79 Å². The molecule has 10 heteroatoms. The molecule has 0 bridgehead atoms. The summed E-state index contributed by atoms with van der Waals surface area (Å²) >= 11 is 2.97. The minimum absolute atomic E-state index is 0.142. The SMILES string of the molecule is CNS(=O)(=O)c1cc(NC(=O)CSc2nc(C)nc3sc(C)c(C)c23)ccc1C. The summed E-state index contributed by atoms with van der Waals surface area (Å²) in [4.78, 5) is 23.7. The lowest BCUT2D eigenvalue weighted by atomic mass is 10.2. The fourth-order valence-electron chi connectivity index (χ4n) is 2.83. The maximum atomic E-state index is 12.5. The molecule has 29 heavy (non-hydrogen) atoms. The number of carbonyl (C=O) groups excluding carboxylic acids is 1. The fourth-order valence-corrected chi connectivity index (χ4v) is 5.89. The lowest BCUT2D eigenvalue weighted by Crippen LogP contribution is -2.20. The molecule has 1 aromatic carbocycles. The number of benzene rings is 1. The van der Waals surface area contributed by atoms with Crippen LogP contribution in [0.4, 0.5) is 5.69 Å². The zero-order valence-corrected chi connectivity index (χ0v) is 19.2. The molecule has 0 radical (unpaired) electrons. The molecule has 0 aliphatic carbocycles. The molecule has 0 saturated carbocycles. The van der Waals surface area contributed by atoms with Gasteiger partial charge in [-0.05, 0) is 58.0 Å². The van der Waals surface area contributed by atoms with Gasteiger partial charge in [0.1, 0.15) is 15.7 Å². The van der Waals surface area contributed by atoms with Gasteiger partial charge in [0.25, 0.3) is 0 Å². The van der Waals surface area contributed by atoms with Crippen LogP contribution in [0.25, 0.3) is 10.2 Å². The zero-order chi connectivity index (χ0) is 21.3. The van der Waals surface area contributed by atoms with Gasteiger partial charge in [-0.15, -0.1) is 11.3 Å². The van der Waals surface area contributed by atoms with Gasteiger partial charge in [-0.25, -0.2) is 23.1 Å². The van der Waals surface area contributed by atoms with E-state index in [0.29, 0.717) is 17.1 Å². The van der Waals surface area contributed by atoms with Gasteiger partial charge in [0, 0.05) is 16.0 Å². The van der Waals surface area contributed by atoms with Crippen molar-refractivity contribution in [3.05, 3.63) is 40.0 Å². The molecule has 0 spiro atoms. The van der Waals surface area contributed by atoms with Crippen molar-refractivity contribution in [3.8, 4) is 0 Å². The summed E-state index contributed by atoms with van der Waals surface area (Å²) < 4.78 is 26.5. The van der Waals surface area contributed by atoms with E-state index in [-0.39, 0.29) is 16.6 Å². The molecule has 0 saturated heterocycles. The summed E-state index contributed by atoms with van der Waals surface area (Å²) in [6.07, 6.45) is 0. The molecule has 3 aromatic rings. The van der Waals surface area contributed by atoms with Crippen LogP contribution in [0.15, 0.2) is 28.1 Å². The number of thiophene rings is 1. The third-order valence-corrected chi connectivity index (χ3v) is 8.11. The first-order valence-electron chi connectivity index (χ1n) is 8.83. The number of nitrogens with zero attached hydrogens (tertiary/aromatic N) is 2. The lowest BCUT2D eigenvalue weighted by molar-refractivity contribution is -0.113.